The topological polar surface area (TPSA) is 55.8 Å². The Kier molecular flexibility index (Phi) is 8.43. The molecule has 0 aliphatic rings. The third kappa shape index (κ3) is 7.36. The van der Waals surface area contributed by atoms with Gasteiger partial charge in [0.1, 0.15) is 12.4 Å². The van der Waals surface area contributed by atoms with Gasteiger partial charge in [-0.25, -0.2) is 0 Å². The van der Waals surface area contributed by atoms with E-state index in [1.54, 1.807) is 11.9 Å². The molecule has 0 atom stereocenters. The largest absolute Gasteiger partial charge is 0.492 e. The number of hydrogen-bond donors (Lipinski definition) is 0. The van der Waals surface area contributed by atoms with Gasteiger partial charge in [-0.2, -0.15) is 0 Å². The first kappa shape index (κ1) is 18.4. The maximum Gasteiger partial charge on any atom is 0.315 e. The SMILES string of the molecule is COC(=O)CSCCC(=O)N(C)CCOc1cccc(C)c1. The number of amides is 1. The van der Waals surface area contributed by atoms with Gasteiger partial charge >= 0.3 is 5.97 Å². The fourth-order valence-corrected chi connectivity index (χ4v) is 2.44. The number of hydrogen-bond acceptors (Lipinski definition) is 5. The number of thioether (sulfide) groups is 1. The number of ether oxygens (including phenoxy) is 2. The maximum atomic E-state index is 11.9. The van der Waals surface area contributed by atoms with Crippen molar-refractivity contribution in [2.45, 2.75) is 13.3 Å². The average Bonchev–Trinajstić information content (AvgIpc) is 2.51. The van der Waals surface area contributed by atoms with E-state index in [4.69, 9.17) is 4.74 Å². The van der Waals surface area contributed by atoms with Gasteiger partial charge in [0.05, 0.1) is 19.4 Å². The van der Waals surface area contributed by atoms with E-state index in [9.17, 15) is 9.59 Å². The van der Waals surface area contributed by atoms with Crippen LogP contribution in [0.3, 0.4) is 0 Å². The molecule has 0 fully saturated rings. The van der Waals surface area contributed by atoms with Crippen LogP contribution in [0.15, 0.2) is 24.3 Å². The van der Waals surface area contributed by atoms with E-state index in [-0.39, 0.29) is 17.6 Å². The Morgan fingerprint density at radius 3 is 2.77 bits per heavy atom. The average molecular weight is 325 g/mol. The van der Waals surface area contributed by atoms with Crippen molar-refractivity contribution in [3.8, 4) is 5.75 Å². The first-order valence-corrected chi connectivity index (χ1v) is 8.26. The molecule has 6 heteroatoms. The van der Waals surface area contributed by atoms with Crippen molar-refractivity contribution in [3.63, 3.8) is 0 Å². The molecule has 0 aromatic heterocycles. The number of benzene rings is 1. The smallest absolute Gasteiger partial charge is 0.315 e. The lowest BCUT2D eigenvalue weighted by molar-refractivity contribution is -0.137. The normalized spacial score (nSPS) is 10.1. The Hall–Kier alpha value is -1.69. The van der Waals surface area contributed by atoms with Gasteiger partial charge in [0, 0.05) is 19.2 Å². The van der Waals surface area contributed by atoms with Crippen molar-refractivity contribution in [2.24, 2.45) is 0 Å². The second kappa shape index (κ2) is 10.1. The van der Waals surface area contributed by atoms with Crippen LogP contribution in [0.4, 0.5) is 0 Å². The molecule has 0 heterocycles. The minimum Gasteiger partial charge on any atom is -0.492 e. The fourth-order valence-electron chi connectivity index (χ4n) is 1.70. The number of carbonyl (C=O) groups is 2. The molecule has 0 radical (unpaired) electrons. The molecule has 0 saturated heterocycles. The molecule has 0 N–H and O–H groups in total. The number of nitrogens with zero attached hydrogens (tertiary/aromatic N) is 1. The summed E-state index contributed by atoms with van der Waals surface area (Å²) in [5, 5.41) is 0. The van der Waals surface area contributed by atoms with Crippen LogP contribution < -0.4 is 4.74 Å². The third-order valence-electron chi connectivity index (χ3n) is 3.02. The summed E-state index contributed by atoms with van der Waals surface area (Å²) in [6.45, 7) is 3.00. The van der Waals surface area contributed by atoms with E-state index in [2.05, 4.69) is 4.74 Å². The van der Waals surface area contributed by atoms with Crippen molar-refractivity contribution in [3.05, 3.63) is 29.8 Å². The summed E-state index contributed by atoms with van der Waals surface area (Å²) < 4.78 is 10.2. The molecule has 0 bridgehead atoms. The van der Waals surface area contributed by atoms with Crippen LogP contribution in [0.25, 0.3) is 0 Å². The minimum atomic E-state index is -0.266. The monoisotopic (exact) mass is 325 g/mol. The Balaban J connectivity index is 2.17. The Labute approximate surface area is 136 Å². The summed E-state index contributed by atoms with van der Waals surface area (Å²) in [6, 6.07) is 7.82. The summed E-state index contributed by atoms with van der Waals surface area (Å²) in [6.07, 6.45) is 0.405. The van der Waals surface area contributed by atoms with E-state index in [1.807, 2.05) is 31.2 Å². The third-order valence-corrected chi connectivity index (χ3v) is 3.95. The van der Waals surface area contributed by atoms with Crippen LogP contribution in [0, 0.1) is 6.92 Å². The second-order valence-electron chi connectivity index (χ2n) is 4.86. The molecule has 22 heavy (non-hydrogen) atoms. The lowest BCUT2D eigenvalue weighted by atomic mass is 10.2. The zero-order valence-electron chi connectivity index (χ0n) is 13.3. The van der Waals surface area contributed by atoms with Crippen LogP contribution in [0.5, 0.6) is 5.75 Å². The zero-order chi connectivity index (χ0) is 16.4. The van der Waals surface area contributed by atoms with Crippen molar-refractivity contribution in [1.82, 2.24) is 4.90 Å². The second-order valence-corrected chi connectivity index (χ2v) is 5.96. The summed E-state index contributed by atoms with van der Waals surface area (Å²) in [7, 11) is 3.11. The molecule has 122 valence electrons. The lowest BCUT2D eigenvalue weighted by Gasteiger charge is -2.17. The van der Waals surface area contributed by atoms with E-state index < -0.39 is 0 Å². The summed E-state index contributed by atoms with van der Waals surface area (Å²) >= 11 is 1.40. The molecule has 0 aliphatic carbocycles. The Bertz CT molecular complexity index is 493. The predicted molar refractivity (Wildman–Crippen MR) is 88.3 cm³/mol. The number of esters is 1. The Morgan fingerprint density at radius 1 is 1.32 bits per heavy atom. The van der Waals surface area contributed by atoms with Gasteiger partial charge in [-0.05, 0) is 24.6 Å². The quantitative estimate of drug-likeness (QED) is 0.514. The number of rotatable bonds is 9. The number of aryl methyl sites for hydroxylation is 1. The number of likely N-dealkylation sites (N-methyl/N-ethyl adjacent to an activating group) is 1. The van der Waals surface area contributed by atoms with Gasteiger partial charge in [0.25, 0.3) is 0 Å². The lowest BCUT2D eigenvalue weighted by Crippen LogP contribution is -2.31. The standard InChI is InChI=1S/C16H23NO4S/c1-13-5-4-6-14(11-13)21-9-8-17(2)15(18)7-10-22-12-16(19)20-3/h4-6,11H,7-10,12H2,1-3H3. The van der Waals surface area contributed by atoms with Crippen LogP contribution >= 0.6 is 11.8 Å². The first-order chi connectivity index (χ1) is 10.5. The number of carbonyl (C=O) groups excluding carboxylic acids is 2. The molecular weight excluding hydrogens is 302 g/mol. The maximum absolute atomic E-state index is 11.9. The van der Waals surface area contributed by atoms with E-state index >= 15 is 0 Å². The van der Waals surface area contributed by atoms with Crippen LogP contribution in [0.2, 0.25) is 0 Å². The molecule has 1 aromatic carbocycles. The molecule has 1 amide bonds. The van der Waals surface area contributed by atoms with Gasteiger partial charge in [-0.1, -0.05) is 12.1 Å². The van der Waals surface area contributed by atoms with Gasteiger partial charge in [0.15, 0.2) is 0 Å². The zero-order valence-corrected chi connectivity index (χ0v) is 14.1. The Morgan fingerprint density at radius 2 is 2.09 bits per heavy atom. The summed E-state index contributed by atoms with van der Waals surface area (Å²) in [5.41, 5.74) is 1.14. The van der Waals surface area contributed by atoms with Crippen molar-refractivity contribution in [1.29, 1.82) is 0 Å². The van der Waals surface area contributed by atoms with E-state index in [0.717, 1.165) is 11.3 Å². The van der Waals surface area contributed by atoms with Gasteiger partial charge in [0.2, 0.25) is 5.91 Å². The molecule has 0 saturated carbocycles. The van der Waals surface area contributed by atoms with Crippen molar-refractivity contribution < 1.29 is 19.1 Å². The van der Waals surface area contributed by atoms with Crippen molar-refractivity contribution in [2.75, 3.05) is 38.8 Å². The molecule has 5 nitrogen and oxygen atoms in total. The summed E-state index contributed by atoms with van der Waals surface area (Å²) in [4.78, 5) is 24.5. The minimum absolute atomic E-state index is 0.0465. The highest BCUT2D eigenvalue weighted by Crippen LogP contribution is 2.12. The number of methoxy groups -OCH3 is 1. The fraction of sp³-hybridized carbons (Fsp3) is 0.500. The van der Waals surface area contributed by atoms with Gasteiger partial charge in [-0.15, -0.1) is 11.8 Å². The molecule has 0 aliphatic heterocycles. The highest BCUT2D eigenvalue weighted by atomic mass is 32.2. The van der Waals surface area contributed by atoms with Crippen molar-refractivity contribution >= 4 is 23.6 Å². The molecule has 0 spiro atoms. The van der Waals surface area contributed by atoms with Gasteiger partial charge < -0.3 is 14.4 Å². The molecular formula is C16H23NO4S. The highest BCUT2D eigenvalue weighted by molar-refractivity contribution is 7.99. The summed E-state index contributed by atoms with van der Waals surface area (Å²) in [5.74, 6) is 1.48. The predicted octanol–water partition coefficient (Wildman–Crippen LogP) is 2.13. The van der Waals surface area contributed by atoms with E-state index in [0.29, 0.717) is 25.3 Å². The van der Waals surface area contributed by atoms with Gasteiger partial charge in [-0.3, -0.25) is 9.59 Å². The first-order valence-electron chi connectivity index (χ1n) is 7.11. The highest BCUT2D eigenvalue weighted by Gasteiger charge is 2.09. The van der Waals surface area contributed by atoms with Crippen LogP contribution in [-0.4, -0.2) is 55.6 Å². The molecule has 1 aromatic rings. The van der Waals surface area contributed by atoms with Crippen LogP contribution in [0.1, 0.15) is 12.0 Å². The van der Waals surface area contributed by atoms with Crippen LogP contribution in [-0.2, 0) is 14.3 Å². The van der Waals surface area contributed by atoms with E-state index in [1.165, 1.54) is 18.9 Å². The molecule has 0 unspecified atom stereocenters. The molecule has 1 rings (SSSR count).